The Morgan fingerprint density at radius 3 is 2.60 bits per heavy atom. The Labute approximate surface area is 83.1 Å². The van der Waals surface area contributed by atoms with Crippen LogP contribution < -0.4 is 0 Å². The molecule has 0 unspecified atom stereocenters. The van der Waals surface area contributed by atoms with Crippen LogP contribution in [-0.4, -0.2) is 40.9 Å². The number of carbonyl (C=O) groups is 1. The van der Waals surface area contributed by atoms with Gasteiger partial charge >= 0.3 is 12.3 Å². The van der Waals surface area contributed by atoms with Gasteiger partial charge in [0, 0.05) is 12.1 Å². The van der Waals surface area contributed by atoms with Gasteiger partial charge in [0.25, 0.3) is 5.72 Å². The van der Waals surface area contributed by atoms with Gasteiger partial charge in [0.15, 0.2) is 0 Å². The number of aliphatic hydroxyl groups is 1. The van der Waals surface area contributed by atoms with Crippen LogP contribution in [0.5, 0.6) is 0 Å². The lowest BCUT2D eigenvalue weighted by atomic mass is 10.1. The minimum absolute atomic E-state index is 0.000208. The predicted octanol–water partition coefficient (Wildman–Crippen LogP) is 1.09. The van der Waals surface area contributed by atoms with Crippen molar-refractivity contribution in [2.45, 2.75) is 25.2 Å². The van der Waals surface area contributed by atoms with Crippen molar-refractivity contribution in [3.05, 3.63) is 0 Å². The van der Waals surface area contributed by atoms with E-state index in [2.05, 4.69) is 9.84 Å². The van der Waals surface area contributed by atoms with Crippen LogP contribution in [0, 0.1) is 0 Å². The second-order valence-electron chi connectivity index (χ2n) is 3.11. The van der Waals surface area contributed by atoms with Gasteiger partial charge in [-0.05, 0) is 6.92 Å². The summed E-state index contributed by atoms with van der Waals surface area (Å²) >= 11 is 0. The first kappa shape index (κ1) is 11.8. The van der Waals surface area contributed by atoms with Crippen LogP contribution in [0.25, 0.3) is 0 Å². The minimum atomic E-state index is -4.98. The molecule has 1 amide bonds. The first-order chi connectivity index (χ1) is 6.72. The van der Waals surface area contributed by atoms with Crippen molar-refractivity contribution in [2.75, 3.05) is 7.11 Å². The topological polar surface area (TPSA) is 62.1 Å². The molecule has 1 heterocycles. The van der Waals surface area contributed by atoms with Crippen molar-refractivity contribution >= 4 is 11.8 Å². The average Bonchev–Trinajstić information content (AvgIpc) is 2.40. The lowest BCUT2D eigenvalue weighted by Crippen LogP contribution is -2.56. The predicted molar refractivity (Wildman–Crippen MR) is 43.0 cm³/mol. The van der Waals surface area contributed by atoms with Gasteiger partial charge in [0.1, 0.15) is 0 Å². The van der Waals surface area contributed by atoms with Crippen molar-refractivity contribution in [2.24, 2.45) is 5.10 Å². The van der Waals surface area contributed by atoms with E-state index >= 15 is 0 Å². The molecule has 0 saturated heterocycles. The molecule has 1 N–H and O–H groups in total. The summed E-state index contributed by atoms with van der Waals surface area (Å²) in [7, 11) is 0.905. The average molecular weight is 226 g/mol. The van der Waals surface area contributed by atoms with Crippen LogP contribution in [0.2, 0.25) is 0 Å². The number of hydrogen-bond donors (Lipinski definition) is 1. The standard InChI is InChI=1S/C7H9F3N2O3/c1-4-3-6(14,7(8,9)10)12(11-4)5(13)15-2/h14H,3H2,1-2H3/t6-/m1/s1. The van der Waals surface area contributed by atoms with Gasteiger partial charge in [-0.15, -0.1) is 0 Å². The van der Waals surface area contributed by atoms with Gasteiger partial charge in [-0.3, -0.25) is 0 Å². The molecule has 5 nitrogen and oxygen atoms in total. The Bertz CT molecular complexity index is 315. The number of alkyl halides is 3. The summed E-state index contributed by atoms with van der Waals surface area (Å²) < 4.78 is 41.6. The van der Waals surface area contributed by atoms with Crippen molar-refractivity contribution in [1.82, 2.24) is 5.01 Å². The SMILES string of the molecule is COC(=O)N1N=C(C)C[C@@]1(O)C(F)(F)F. The second-order valence-corrected chi connectivity index (χ2v) is 3.11. The van der Waals surface area contributed by atoms with Crippen molar-refractivity contribution in [3.8, 4) is 0 Å². The van der Waals surface area contributed by atoms with Gasteiger partial charge in [-0.2, -0.15) is 23.3 Å². The number of hydrogen-bond acceptors (Lipinski definition) is 4. The normalized spacial score (nSPS) is 26.5. The van der Waals surface area contributed by atoms with E-state index in [4.69, 9.17) is 0 Å². The number of rotatable bonds is 0. The summed E-state index contributed by atoms with van der Waals surface area (Å²) in [6, 6.07) is 0. The molecule has 86 valence electrons. The van der Waals surface area contributed by atoms with Crippen molar-refractivity contribution in [1.29, 1.82) is 0 Å². The van der Waals surface area contributed by atoms with Crippen LogP contribution in [0.1, 0.15) is 13.3 Å². The molecule has 0 saturated carbocycles. The van der Waals surface area contributed by atoms with E-state index in [9.17, 15) is 23.1 Å². The molecule has 8 heteroatoms. The molecule has 1 aliphatic heterocycles. The maximum absolute atomic E-state index is 12.5. The van der Waals surface area contributed by atoms with E-state index in [-0.39, 0.29) is 10.7 Å². The summed E-state index contributed by atoms with van der Waals surface area (Å²) in [6.07, 6.45) is -7.11. The van der Waals surface area contributed by atoms with Crippen LogP contribution in [-0.2, 0) is 4.74 Å². The number of ether oxygens (including phenoxy) is 1. The Balaban J connectivity index is 3.07. The molecule has 0 radical (unpaired) electrons. The quantitative estimate of drug-likeness (QED) is 0.672. The van der Waals surface area contributed by atoms with Gasteiger partial charge in [-0.1, -0.05) is 0 Å². The molecule has 0 aliphatic carbocycles. The molecule has 0 aromatic rings. The molecule has 0 fully saturated rings. The molecule has 1 aliphatic rings. The summed E-state index contributed by atoms with van der Waals surface area (Å²) in [5.41, 5.74) is -3.30. The molecule has 15 heavy (non-hydrogen) atoms. The molecule has 1 rings (SSSR count). The molecule has 0 aromatic heterocycles. The summed E-state index contributed by atoms with van der Waals surface area (Å²) in [5.74, 6) is 0. The maximum atomic E-state index is 12.5. The van der Waals surface area contributed by atoms with E-state index < -0.39 is 24.4 Å². The molecular weight excluding hydrogens is 217 g/mol. The highest BCUT2D eigenvalue weighted by Gasteiger charge is 2.63. The van der Waals surface area contributed by atoms with E-state index in [0.717, 1.165) is 7.11 Å². The highest BCUT2D eigenvalue weighted by molar-refractivity contribution is 5.87. The van der Waals surface area contributed by atoms with Crippen molar-refractivity contribution < 1.29 is 27.8 Å². The fourth-order valence-electron chi connectivity index (χ4n) is 1.22. The van der Waals surface area contributed by atoms with E-state index in [1.54, 1.807) is 0 Å². The first-order valence-electron chi connectivity index (χ1n) is 3.93. The second kappa shape index (κ2) is 3.37. The zero-order valence-electron chi connectivity index (χ0n) is 8.00. The smallest absolute Gasteiger partial charge is 0.439 e. The Morgan fingerprint density at radius 2 is 2.20 bits per heavy atom. The number of hydrazone groups is 1. The van der Waals surface area contributed by atoms with Crippen LogP contribution in [0.15, 0.2) is 5.10 Å². The number of methoxy groups -OCH3 is 1. The summed E-state index contributed by atoms with van der Waals surface area (Å²) in [5, 5.41) is 12.5. The molecule has 0 bridgehead atoms. The molecule has 1 atom stereocenters. The Hall–Kier alpha value is -1.31. The van der Waals surface area contributed by atoms with Crippen LogP contribution in [0.4, 0.5) is 18.0 Å². The third-order valence-electron chi connectivity index (χ3n) is 1.92. The van der Waals surface area contributed by atoms with E-state index in [1.807, 2.05) is 0 Å². The van der Waals surface area contributed by atoms with Crippen LogP contribution >= 0.6 is 0 Å². The third-order valence-corrected chi connectivity index (χ3v) is 1.92. The number of halogens is 3. The van der Waals surface area contributed by atoms with E-state index in [1.165, 1.54) is 6.92 Å². The zero-order chi connectivity index (χ0) is 11.9. The summed E-state index contributed by atoms with van der Waals surface area (Å²) in [4.78, 5) is 11.0. The molecule has 0 spiro atoms. The lowest BCUT2D eigenvalue weighted by Gasteiger charge is -2.31. The molecular formula is C7H9F3N2O3. The zero-order valence-corrected chi connectivity index (χ0v) is 8.00. The van der Waals surface area contributed by atoms with E-state index in [0.29, 0.717) is 0 Å². The number of amides is 1. The molecule has 0 aromatic carbocycles. The number of carbonyl (C=O) groups excluding carboxylic acids is 1. The largest absolute Gasteiger partial charge is 0.451 e. The first-order valence-corrected chi connectivity index (χ1v) is 3.93. The maximum Gasteiger partial charge on any atom is 0.439 e. The number of nitrogens with zero attached hydrogens (tertiary/aromatic N) is 2. The minimum Gasteiger partial charge on any atom is -0.451 e. The highest BCUT2D eigenvalue weighted by atomic mass is 19.4. The van der Waals surface area contributed by atoms with Gasteiger partial charge in [0.05, 0.1) is 7.11 Å². The van der Waals surface area contributed by atoms with Crippen LogP contribution in [0.3, 0.4) is 0 Å². The monoisotopic (exact) mass is 226 g/mol. The van der Waals surface area contributed by atoms with Gasteiger partial charge in [-0.25, -0.2) is 4.79 Å². The highest BCUT2D eigenvalue weighted by Crippen LogP contribution is 2.40. The Kier molecular flexibility index (Phi) is 2.64. The Morgan fingerprint density at radius 1 is 1.67 bits per heavy atom. The fraction of sp³-hybridized carbons (Fsp3) is 0.714. The fourth-order valence-corrected chi connectivity index (χ4v) is 1.22. The van der Waals surface area contributed by atoms with Gasteiger partial charge in [0.2, 0.25) is 0 Å². The third kappa shape index (κ3) is 1.76. The summed E-state index contributed by atoms with van der Waals surface area (Å²) in [6.45, 7) is 1.28. The lowest BCUT2D eigenvalue weighted by molar-refractivity contribution is -0.299. The van der Waals surface area contributed by atoms with Gasteiger partial charge < -0.3 is 9.84 Å². The van der Waals surface area contributed by atoms with Crippen molar-refractivity contribution in [3.63, 3.8) is 0 Å².